The third-order valence-electron chi connectivity index (χ3n) is 0. The SMILES string of the molecule is [O]=[AlH].[O]=[Zr]=[O].[O]=[Zr]=[O]. The average Bonchev–Trinajstić information content (AvgIpc) is 1.75. The molecule has 0 heterocycles. The van der Waals surface area contributed by atoms with Crippen LogP contribution in [0.1, 0.15) is 0 Å². The van der Waals surface area contributed by atoms with Crippen LogP contribution in [-0.4, -0.2) is 16.2 Å². The zero-order valence-corrected chi connectivity index (χ0v) is 10.1. The predicted octanol–water partition coefficient (Wildman–Crippen LogP) is -1.25. The molecule has 0 bridgehead atoms. The summed E-state index contributed by atoms with van der Waals surface area (Å²) in [5.74, 6) is 0. The molecule has 0 aliphatic heterocycles. The van der Waals surface area contributed by atoms with Crippen molar-refractivity contribution < 1.29 is 61.5 Å². The van der Waals surface area contributed by atoms with Gasteiger partial charge in [0.25, 0.3) is 0 Å². The molecule has 42 valence electrons. The normalized spacial score (nSPS) is 2.38. The molecule has 0 radical (unpaired) electrons. The molecule has 0 aromatic carbocycles. The summed E-state index contributed by atoms with van der Waals surface area (Å²) in [6, 6.07) is 0. The van der Waals surface area contributed by atoms with E-state index < -0.39 is 46.5 Å². The molecule has 0 unspecified atom stereocenters. The van der Waals surface area contributed by atoms with Gasteiger partial charge in [-0.2, -0.15) is 0 Å². The van der Waals surface area contributed by atoms with E-state index >= 15 is 0 Å². The quantitative estimate of drug-likeness (QED) is 0.521. The van der Waals surface area contributed by atoms with Crippen LogP contribution >= 0.6 is 0 Å². The first-order valence-electron chi connectivity index (χ1n) is 1.11. The first-order valence-corrected chi connectivity index (χ1v) is 5.70. The van der Waals surface area contributed by atoms with Crippen LogP contribution in [0.3, 0.4) is 0 Å². The van der Waals surface area contributed by atoms with E-state index in [1.54, 1.807) is 0 Å². The second kappa shape index (κ2) is 40.6. The number of rotatable bonds is 0. The van der Waals surface area contributed by atoms with Crippen molar-refractivity contribution in [2.24, 2.45) is 0 Å². The summed E-state index contributed by atoms with van der Waals surface area (Å²) in [5.41, 5.74) is 0. The van der Waals surface area contributed by atoms with Gasteiger partial charge in [0.1, 0.15) is 0 Å². The van der Waals surface area contributed by atoms with E-state index in [2.05, 4.69) is 0 Å². The van der Waals surface area contributed by atoms with Crippen molar-refractivity contribution in [3.8, 4) is 0 Å². The molecular formula is HAlO5Zr2. The maximum atomic E-state index is 8.54. The van der Waals surface area contributed by atoms with E-state index in [1.807, 2.05) is 0 Å². The number of hydrogen-bond donors (Lipinski definition) is 0. The maximum absolute atomic E-state index is 8.54. The summed E-state index contributed by atoms with van der Waals surface area (Å²) < 4.78 is 42.5. The molecule has 5 nitrogen and oxygen atoms in total. The first-order chi connectivity index (χ1) is 3.83. The molecular weight excluding hydrogens is 289 g/mol. The molecule has 0 saturated heterocycles. The van der Waals surface area contributed by atoms with Crippen molar-refractivity contribution in [3.63, 3.8) is 0 Å². The van der Waals surface area contributed by atoms with Gasteiger partial charge in [0.2, 0.25) is 0 Å². The summed E-state index contributed by atoms with van der Waals surface area (Å²) in [6.45, 7) is 0. The van der Waals surface area contributed by atoms with Gasteiger partial charge in [-0.15, -0.1) is 0 Å². The molecule has 0 fully saturated rings. The molecule has 0 amide bonds. The zero-order valence-electron chi connectivity index (χ0n) is 3.75. The zero-order chi connectivity index (χ0) is 7.41. The molecule has 0 saturated carbocycles. The Bertz CT molecular complexity index is 74.6. The molecule has 0 spiro atoms. The fourth-order valence-corrected chi connectivity index (χ4v) is 0. The van der Waals surface area contributed by atoms with Crippen molar-refractivity contribution >= 4 is 16.2 Å². The van der Waals surface area contributed by atoms with E-state index in [4.69, 9.17) is 15.1 Å². The van der Waals surface area contributed by atoms with Crippen LogP contribution in [0.15, 0.2) is 0 Å². The summed E-state index contributed by atoms with van der Waals surface area (Å²) in [6.07, 6.45) is 0. The van der Waals surface area contributed by atoms with Crippen LogP contribution in [0.4, 0.5) is 0 Å². The molecule has 0 aromatic heterocycles. The van der Waals surface area contributed by atoms with Gasteiger partial charge in [-0.05, 0) is 0 Å². The Kier molecular flexibility index (Phi) is 82.0. The summed E-state index contributed by atoms with van der Waals surface area (Å²) in [7, 11) is 0. The van der Waals surface area contributed by atoms with Crippen LogP contribution in [-0.2, 0) is 61.5 Å². The minimum absolute atomic E-state index is 0.611. The second-order valence-electron chi connectivity index (χ2n) is 0.167. The van der Waals surface area contributed by atoms with Crippen molar-refractivity contribution in [1.82, 2.24) is 0 Å². The van der Waals surface area contributed by atoms with Gasteiger partial charge in [-0.3, -0.25) is 0 Å². The Labute approximate surface area is 76.8 Å². The van der Waals surface area contributed by atoms with Gasteiger partial charge >= 0.3 is 77.8 Å². The monoisotopic (exact) mass is 288 g/mol. The van der Waals surface area contributed by atoms with Crippen molar-refractivity contribution in [1.29, 1.82) is 0 Å². The van der Waals surface area contributed by atoms with Crippen LogP contribution in [0, 0.1) is 0 Å². The van der Waals surface area contributed by atoms with Gasteiger partial charge < -0.3 is 0 Å². The molecule has 0 rings (SSSR count). The van der Waals surface area contributed by atoms with Crippen molar-refractivity contribution in [2.45, 2.75) is 0 Å². The molecule has 0 N–H and O–H groups in total. The van der Waals surface area contributed by atoms with E-state index in [9.17, 15) is 0 Å². The predicted molar refractivity (Wildman–Crippen MR) is 10.6 cm³/mol. The van der Waals surface area contributed by atoms with Gasteiger partial charge in [-0.25, -0.2) is 0 Å². The van der Waals surface area contributed by atoms with Crippen LogP contribution in [0.25, 0.3) is 0 Å². The third-order valence-corrected chi connectivity index (χ3v) is 0. The van der Waals surface area contributed by atoms with Gasteiger partial charge in [0.15, 0.2) is 0 Å². The molecule has 0 aliphatic rings. The Morgan fingerprint density at radius 2 is 0.750 bits per heavy atom. The fraction of sp³-hybridized carbons (Fsp3) is 0. The Hall–Kier alpha value is 1.30. The summed E-state index contributed by atoms with van der Waals surface area (Å²) >= 11 is -3.93. The summed E-state index contributed by atoms with van der Waals surface area (Å²) in [5, 5.41) is 0. The molecule has 0 aliphatic carbocycles. The van der Waals surface area contributed by atoms with Crippen LogP contribution in [0.2, 0.25) is 0 Å². The van der Waals surface area contributed by atoms with Crippen molar-refractivity contribution in [3.05, 3.63) is 0 Å². The van der Waals surface area contributed by atoms with E-state index in [0.717, 1.165) is 0 Å². The molecule has 0 atom stereocenters. The number of hydrogen-bond acceptors (Lipinski definition) is 5. The first kappa shape index (κ1) is 16.1. The molecule has 0 aromatic rings. The second-order valence-corrected chi connectivity index (χ2v) is 0.986. The Balaban J connectivity index is -0.0000000483. The van der Waals surface area contributed by atoms with Crippen LogP contribution in [0.5, 0.6) is 0 Å². The minimum atomic E-state index is -2.27. The Morgan fingerprint density at radius 1 is 0.750 bits per heavy atom. The van der Waals surface area contributed by atoms with E-state index in [1.165, 1.54) is 0 Å². The standard InChI is InChI=1S/Al.5O.2Zr.H. The average molecular weight is 290 g/mol. The van der Waals surface area contributed by atoms with Crippen molar-refractivity contribution in [2.75, 3.05) is 0 Å². The fourth-order valence-electron chi connectivity index (χ4n) is 0. The topological polar surface area (TPSA) is 85.3 Å². The third kappa shape index (κ3) is 172. The van der Waals surface area contributed by atoms with E-state index in [0.29, 0.717) is 16.2 Å². The Morgan fingerprint density at radius 3 is 0.750 bits per heavy atom. The van der Waals surface area contributed by atoms with Gasteiger partial charge in [-0.1, -0.05) is 0 Å². The van der Waals surface area contributed by atoms with Crippen LogP contribution < -0.4 is 0 Å². The van der Waals surface area contributed by atoms with E-state index in [-0.39, 0.29) is 0 Å². The van der Waals surface area contributed by atoms with Gasteiger partial charge in [0.05, 0.1) is 0 Å². The summed E-state index contributed by atoms with van der Waals surface area (Å²) in [4.78, 5) is 0. The van der Waals surface area contributed by atoms with Gasteiger partial charge in [0, 0.05) is 0 Å². The molecule has 8 heteroatoms. The molecule has 8 heavy (non-hydrogen) atoms.